The van der Waals surface area contributed by atoms with Gasteiger partial charge >= 0.3 is 0 Å². The van der Waals surface area contributed by atoms with Crippen LogP contribution in [0, 0.1) is 0 Å². The molecule has 1 aromatic rings. The van der Waals surface area contributed by atoms with Crippen molar-refractivity contribution in [2.75, 3.05) is 32.9 Å². The van der Waals surface area contributed by atoms with Crippen molar-refractivity contribution in [2.24, 2.45) is 0 Å². The Morgan fingerprint density at radius 1 is 1.38 bits per heavy atom. The van der Waals surface area contributed by atoms with Gasteiger partial charge in [0.2, 0.25) is 0 Å². The molecule has 1 aromatic heterocycles. The van der Waals surface area contributed by atoms with Gasteiger partial charge in [-0.2, -0.15) is 5.10 Å². The maximum absolute atomic E-state index is 12.8. The van der Waals surface area contributed by atoms with Crippen LogP contribution in [0.1, 0.15) is 42.2 Å². The van der Waals surface area contributed by atoms with Crippen molar-refractivity contribution in [1.29, 1.82) is 0 Å². The maximum Gasteiger partial charge on any atom is 0.272 e. The summed E-state index contributed by atoms with van der Waals surface area (Å²) in [7, 11) is 0. The van der Waals surface area contributed by atoms with E-state index >= 15 is 0 Å². The lowest BCUT2D eigenvalue weighted by atomic mass is 9.93. The molecule has 1 saturated carbocycles. The Labute approximate surface area is 124 Å². The summed E-state index contributed by atoms with van der Waals surface area (Å²) >= 11 is 0. The third kappa shape index (κ3) is 2.26. The number of aromatic nitrogens is 2. The highest BCUT2D eigenvalue weighted by Gasteiger charge is 2.42. The number of morpholine rings is 1. The fraction of sp³-hybridized carbons (Fsp3) is 0.733. The van der Waals surface area contributed by atoms with E-state index in [4.69, 9.17) is 9.47 Å². The molecule has 3 aliphatic rings. The molecule has 3 heterocycles. The van der Waals surface area contributed by atoms with E-state index in [9.17, 15) is 4.79 Å². The molecule has 1 amide bonds. The molecule has 1 unspecified atom stereocenters. The molecule has 2 aliphatic heterocycles. The third-order valence-electron chi connectivity index (χ3n) is 4.91. The van der Waals surface area contributed by atoms with E-state index in [2.05, 4.69) is 5.10 Å². The molecular formula is C15H21N3O3. The van der Waals surface area contributed by atoms with Gasteiger partial charge in [0, 0.05) is 25.8 Å². The van der Waals surface area contributed by atoms with E-state index in [-0.39, 0.29) is 11.5 Å². The normalized spacial score (nSPS) is 29.8. The van der Waals surface area contributed by atoms with E-state index < -0.39 is 0 Å². The number of nitrogens with zero attached hydrogens (tertiary/aromatic N) is 3. The maximum atomic E-state index is 12.8. The van der Waals surface area contributed by atoms with Gasteiger partial charge in [-0.3, -0.25) is 9.48 Å². The zero-order valence-electron chi connectivity index (χ0n) is 12.2. The van der Waals surface area contributed by atoms with Crippen molar-refractivity contribution in [2.45, 2.75) is 37.3 Å². The van der Waals surface area contributed by atoms with Gasteiger partial charge in [0.25, 0.3) is 5.91 Å². The molecule has 0 bridgehead atoms. The SMILES string of the molecule is O=C(c1ccnn1C1CCC1)N1CCOC2(CCOC2)C1. The third-order valence-corrected chi connectivity index (χ3v) is 4.91. The van der Waals surface area contributed by atoms with E-state index in [1.165, 1.54) is 6.42 Å². The van der Waals surface area contributed by atoms with Crippen LogP contribution in [0.2, 0.25) is 0 Å². The van der Waals surface area contributed by atoms with Crippen molar-refractivity contribution in [1.82, 2.24) is 14.7 Å². The van der Waals surface area contributed by atoms with Crippen LogP contribution in [0.5, 0.6) is 0 Å². The minimum atomic E-state index is -0.283. The molecule has 4 rings (SSSR count). The topological polar surface area (TPSA) is 56.6 Å². The van der Waals surface area contributed by atoms with Gasteiger partial charge in [0.15, 0.2) is 0 Å². The van der Waals surface area contributed by atoms with Gasteiger partial charge in [-0.1, -0.05) is 0 Å². The number of carbonyl (C=O) groups excluding carboxylic acids is 1. The largest absolute Gasteiger partial charge is 0.378 e. The molecule has 21 heavy (non-hydrogen) atoms. The number of carbonyl (C=O) groups is 1. The number of hydrogen-bond donors (Lipinski definition) is 0. The van der Waals surface area contributed by atoms with Crippen LogP contribution in [-0.2, 0) is 9.47 Å². The first-order chi connectivity index (χ1) is 10.3. The fourth-order valence-electron chi connectivity index (χ4n) is 3.41. The molecule has 114 valence electrons. The standard InChI is InChI=1S/C15H21N3O3/c19-14(13-4-6-16-18(13)12-2-1-3-12)17-7-9-21-15(10-17)5-8-20-11-15/h4,6,12H,1-3,5,7-11H2. The molecule has 1 atom stereocenters. The van der Waals surface area contributed by atoms with Crippen LogP contribution in [0.3, 0.4) is 0 Å². The molecule has 6 nitrogen and oxygen atoms in total. The number of ether oxygens (including phenoxy) is 2. The fourth-order valence-corrected chi connectivity index (χ4v) is 3.41. The van der Waals surface area contributed by atoms with Crippen LogP contribution in [0.4, 0.5) is 0 Å². The Bertz CT molecular complexity index is 532. The molecule has 2 saturated heterocycles. The smallest absolute Gasteiger partial charge is 0.272 e. The Kier molecular flexibility index (Phi) is 3.23. The minimum absolute atomic E-state index is 0.0778. The monoisotopic (exact) mass is 291 g/mol. The summed E-state index contributed by atoms with van der Waals surface area (Å²) < 4.78 is 13.3. The average molecular weight is 291 g/mol. The summed E-state index contributed by atoms with van der Waals surface area (Å²) in [6.45, 7) is 3.19. The second-order valence-electron chi connectivity index (χ2n) is 6.31. The highest BCUT2D eigenvalue weighted by Crippen LogP contribution is 2.33. The lowest BCUT2D eigenvalue weighted by Gasteiger charge is -2.39. The number of hydrogen-bond acceptors (Lipinski definition) is 4. The Hall–Kier alpha value is -1.40. The van der Waals surface area contributed by atoms with Gasteiger partial charge in [0.1, 0.15) is 11.3 Å². The van der Waals surface area contributed by atoms with E-state index in [0.29, 0.717) is 32.3 Å². The summed E-state index contributed by atoms with van der Waals surface area (Å²) in [5.74, 6) is 0.0778. The second kappa shape index (κ2) is 5.10. The molecule has 1 spiro atoms. The van der Waals surface area contributed by atoms with Crippen molar-refractivity contribution >= 4 is 5.91 Å². The minimum Gasteiger partial charge on any atom is -0.378 e. The van der Waals surface area contributed by atoms with Gasteiger partial charge in [-0.25, -0.2) is 0 Å². The van der Waals surface area contributed by atoms with Gasteiger partial charge in [-0.15, -0.1) is 0 Å². The highest BCUT2D eigenvalue weighted by molar-refractivity contribution is 5.92. The van der Waals surface area contributed by atoms with Crippen LogP contribution < -0.4 is 0 Å². The Morgan fingerprint density at radius 2 is 2.29 bits per heavy atom. The molecular weight excluding hydrogens is 270 g/mol. The summed E-state index contributed by atoms with van der Waals surface area (Å²) in [5.41, 5.74) is 0.436. The molecule has 0 aromatic carbocycles. The first-order valence-corrected chi connectivity index (χ1v) is 7.82. The lowest BCUT2D eigenvalue weighted by molar-refractivity contribution is -0.0997. The van der Waals surface area contributed by atoms with Crippen LogP contribution in [0.15, 0.2) is 12.3 Å². The number of amides is 1. The molecule has 0 radical (unpaired) electrons. The lowest BCUT2D eigenvalue weighted by Crippen LogP contribution is -2.54. The van der Waals surface area contributed by atoms with Crippen LogP contribution in [-0.4, -0.2) is 59.1 Å². The van der Waals surface area contributed by atoms with E-state index in [0.717, 1.165) is 31.6 Å². The zero-order valence-corrected chi connectivity index (χ0v) is 12.2. The van der Waals surface area contributed by atoms with Gasteiger partial charge in [-0.05, 0) is 25.3 Å². The Morgan fingerprint density at radius 3 is 3.00 bits per heavy atom. The second-order valence-corrected chi connectivity index (χ2v) is 6.31. The molecule has 1 aliphatic carbocycles. The van der Waals surface area contributed by atoms with Crippen molar-refractivity contribution in [3.63, 3.8) is 0 Å². The van der Waals surface area contributed by atoms with E-state index in [1.807, 2.05) is 15.6 Å². The average Bonchev–Trinajstić information content (AvgIpc) is 3.07. The first-order valence-electron chi connectivity index (χ1n) is 7.82. The van der Waals surface area contributed by atoms with Crippen LogP contribution in [0.25, 0.3) is 0 Å². The van der Waals surface area contributed by atoms with Crippen molar-refractivity contribution in [3.8, 4) is 0 Å². The predicted octanol–water partition coefficient (Wildman–Crippen LogP) is 1.24. The first kappa shape index (κ1) is 13.3. The number of rotatable bonds is 2. The molecule has 0 N–H and O–H groups in total. The predicted molar refractivity (Wildman–Crippen MR) is 75.1 cm³/mol. The molecule has 3 fully saturated rings. The summed E-state index contributed by atoms with van der Waals surface area (Å²) in [4.78, 5) is 14.7. The summed E-state index contributed by atoms with van der Waals surface area (Å²) in [6, 6.07) is 2.25. The van der Waals surface area contributed by atoms with Gasteiger partial charge in [0.05, 0.1) is 25.8 Å². The van der Waals surface area contributed by atoms with Gasteiger partial charge < -0.3 is 14.4 Å². The van der Waals surface area contributed by atoms with Crippen molar-refractivity contribution in [3.05, 3.63) is 18.0 Å². The van der Waals surface area contributed by atoms with Crippen molar-refractivity contribution < 1.29 is 14.3 Å². The Balaban J connectivity index is 1.53. The molecule has 6 heteroatoms. The zero-order chi connectivity index (χ0) is 14.3. The van der Waals surface area contributed by atoms with E-state index in [1.54, 1.807) is 6.20 Å². The highest BCUT2D eigenvalue weighted by atomic mass is 16.6. The summed E-state index contributed by atoms with van der Waals surface area (Å²) in [5, 5.41) is 4.36. The summed E-state index contributed by atoms with van der Waals surface area (Å²) in [6.07, 6.45) is 6.10. The van der Waals surface area contributed by atoms with Crippen LogP contribution >= 0.6 is 0 Å². The quantitative estimate of drug-likeness (QED) is 0.822.